The second-order valence-corrected chi connectivity index (χ2v) is 8.73. The van der Waals surface area contributed by atoms with Crippen LogP contribution in [-0.4, -0.2) is 73.7 Å². The zero-order valence-electron chi connectivity index (χ0n) is 20.6. The maximum absolute atomic E-state index is 12.5. The van der Waals surface area contributed by atoms with Gasteiger partial charge in [-0.3, -0.25) is 19.1 Å². The molecule has 13 nitrogen and oxygen atoms in total. The van der Waals surface area contributed by atoms with Crippen molar-refractivity contribution in [2.45, 2.75) is 50.5 Å². The average molecular weight is 521 g/mol. The summed E-state index contributed by atoms with van der Waals surface area (Å²) in [5, 5.41) is 16.2. The Balaban J connectivity index is 1.19. The molecule has 0 spiro atoms. The molecule has 1 aliphatic rings. The average Bonchev–Trinajstić information content (AvgIpc) is 3.63. The lowest BCUT2D eigenvalue weighted by atomic mass is 10.2. The molecule has 3 aromatic rings. The van der Waals surface area contributed by atoms with E-state index in [1.807, 2.05) is 0 Å². The van der Waals surface area contributed by atoms with E-state index in [9.17, 15) is 14.7 Å². The Morgan fingerprint density at radius 2 is 2.22 bits per heavy atom. The molecular formula is C22H31N8O5P. The predicted octanol–water partition coefficient (Wildman–Crippen LogP) is 1.10. The number of hydrogen-bond acceptors (Lipinski definition) is 9. The number of nitrogens with one attached hydrogen (secondary N) is 4. The highest BCUT2D eigenvalue weighted by atomic mass is 31.0. The van der Waals surface area contributed by atoms with E-state index in [1.54, 1.807) is 23.2 Å². The quantitative estimate of drug-likeness (QED) is 0.119. The number of aliphatic hydroxyl groups is 1. The standard InChI is InChI=1S/C22H31N8O5P/c31-15-9-18(35-16(15)11-34-36)30-13-27-19-20(30)28-22(29-21(19)33)25-8-4-2-1-3-7-24-17(32)6-5-14-10-23-12-26-14/h5-6,10,12-13,15-16,18,31H,1-4,7-9,11,36H2,(H,23,26)(H,24,32)(H2,25,28,29,33)/b6-5+/i36T. The number of anilines is 1. The fraction of sp³-hybridized carbons (Fsp3) is 0.500. The number of ether oxygens (including phenoxy) is 1. The number of H-pyrrole nitrogens is 2. The number of nitrogens with zero attached hydrogens (tertiary/aromatic N) is 4. The first-order chi connectivity index (χ1) is 18.0. The monoisotopic (exact) mass is 520 g/mol. The van der Waals surface area contributed by atoms with Crippen molar-refractivity contribution in [1.82, 2.24) is 34.8 Å². The number of carbonyl (C=O) groups excluding carboxylic acids is 1. The molecule has 3 aromatic heterocycles. The SMILES string of the molecule is [3H]POCC1OC(n2cnc3c(=O)[nH]c(NCCCCCCNC(=O)/C=C/c4c[nH]cn4)nc32)CC1O. The smallest absolute Gasteiger partial charge is 0.280 e. The van der Waals surface area contributed by atoms with Gasteiger partial charge in [0.05, 0.1) is 32.3 Å². The number of aliphatic hydroxyl groups excluding tert-OH is 1. The molecule has 0 radical (unpaired) electrons. The third-order valence-electron chi connectivity index (χ3n) is 5.81. The first-order valence-electron chi connectivity index (χ1n) is 12.3. The Bertz CT molecular complexity index is 1230. The van der Waals surface area contributed by atoms with E-state index < -0.39 is 27.8 Å². The van der Waals surface area contributed by atoms with Crippen LogP contribution < -0.4 is 16.2 Å². The minimum atomic E-state index is -0.745. The van der Waals surface area contributed by atoms with Gasteiger partial charge in [-0.1, -0.05) is 12.8 Å². The molecule has 1 saturated heterocycles. The highest BCUT2D eigenvalue weighted by molar-refractivity contribution is 7.09. The van der Waals surface area contributed by atoms with Crippen molar-refractivity contribution in [3.8, 4) is 0 Å². The molecule has 14 heteroatoms. The number of rotatable bonds is 14. The molecule has 0 bridgehead atoms. The predicted molar refractivity (Wildman–Crippen MR) is 136 cm³/mol. The van der Waals surface area contributed by atoms with Crippen molar-refractivity contribution in [3.05, 3.63) is 41.0 Å². The Hall–Kier alpha value is -3.12. The Labute approximate surface area is 210 Å². The molecule has 1 aliphatic heterocycles. The van der Waals surface area contributed by atoms with Crippen molar-refractivity contribution in [2.24, 2.45) is 0 Å². The molecule has 4 rings (SSSR count). The molecule has 4 unspecified atom stereocenters. The third kappa shape index (κ3) is 6.76. The molecule has 1 fully saturated rings. The van der Waals surface area contributed by atoms with Gasteiger partial charge in [0.1, 0.15) is 12.3 Å². The number of amides is 1. The number of imidazole rings is 2. The van der Waals surface area contributed by atoms with E-state index >= 15 is 0 Å². The summed E-state index contributed by atoms with van der Waals surface area (Å²) in [6.07, 6.45) is 9.96. The van der Waals surface area contributed by atoms with Gasteiger partial charge < -0.3 is 30.0 Å². The fourth-order valence-corrected chi connectivity index (χ4v) is 4.11. The van der Waals surface area contributed by atoms with Crippen LogP contribution in [0.3, 0.4) is 0 Å². The minimum Gasteiger partial charge on any atom is -0.390 e. The lowest BCUT2D eigenvalue weighted by molar-refractivity contribution is -0.116. The third-order valence-corrected chi connectivity index (χ3v) is 5.98. The van der Waals surface area contributed by atoms with E-state index in [4.69, 9.17) is 10.5 Å². The lowest BCUT2D eigenvalue weighted by Gasteiger charge is -2.15. The van der Waals surface area contributed by atoms with Crippen molar-refractivity contribution < 1.29 is 19.2 Å². The summed E-state index contributed by atoms with van der Waals surface area (Å²) in [6, 6.07) is 0. The van der Waals surface area contributed by atoms with Crippen molar-refractivity contribution in [1.29, 1.82) is 1.28 Å². The fourth-order valence-electron chi connectivity index (χ4n) is 3.94. The maximum atomic E-state index is 12.5. The van der Waals surface area contributed by atoms with Crippen LogP contribution in [0.2, 0.25) is 0 Å². The topological polar surface area (TPSA) is 172 Å². The van der Waals surface area contributed by atoms with E-state index in [2.05, 4.69) is 35.6 Å². The molecular weight excluding hydrogens is 487 g/mol. The Kier molecular flexibility index (Phi) is 8.68. The van der Waals surface area contributed by atoms with Crippen LogP contribution in [0.4, 0.5) is 5.95 Å². The van der Waals surface area contributed by atoms with E-state index in [0.717, 1.165) is 25.7 Å². The molecule has 1 amide bonds. The first-order valence-corrected chi connectivity index (χ1v) is 12.2. The van der Waals surface area contributed by atoms with Crippen LogP contribution in [0.1, 0.15) is 44.0 Å². The normalized spacial score (nSPS) is 20.6. The summed E-state index contributed by atoms with van der Waals surface area (Å²) in [5.41, 5.74) is 0.895. The largest absolute Gasteiger partial charge is 0.390 e. The van der Waals surface area contributed by atoms with Crippen LogP contribution >= 0.6 is 9.41 Å². The van der Waals surface area contributed by atoms with Gasteiger partial charge in [-0.15, -0.1) is 0 Å². The zero-order chi connectivity index (χ0) is 26.0. The van der Waals surface area contributed by atoms with Crippen LogP contribution in [-0.2, 0) is 14.1 Å². The number of hydrogen-bond donors (Lipinski definition) is 5. The molecule has 194 valence electrons. The molecule has 0 saturated carbocycles. The van der Waals surface area contributed by atoms with Gasteiger partial charge >= 0.3 is 0 Å². The van der Waals surface area contributed by atoms with Gasteiger partial charge in [0.25, 0.3) is 5.56 Å². The van der Waals surface area contributed by atoms with Crippen molar-refractivity contribution in [3.63, 3.8) is 0 Å². The number of unbranched alkanes of at least 4 members (excludes halogenated alkanes) is 3. The number of carbonyl (C=O) groups is 1. The lowest BCUT2D eigenvalue weighted by Crippen LogP contribution is -2.24. The van der Waals surface area contributed by atoms with E-state index in [0.29, 0.717) is 36.8 Å². The van der Waals surface area contributed by atoms with Gasteiger partial charge in [0.15, 0.2) is 11.2 Å². The molecule has 4 atom stereocenters. The Morgan fingerprint density at radius 1 is 1.36 bits per heavy atom. The summed E-state index contributed by atoms with van der Waals surface area (Å²) in [6.45, 7) is 1.34. The minimum absolute atomic E-state index is 0.127. The second-order valence-electron chi connectivity index (χ2n) is 8.44. The van der Waals surface area contributed by atoms with E-state index in [-0.39, 0.29) is 23.6 Å². The van der Waals surface area contributed by atoms with Crippen LogP contribution in [0.15, 0.2) is 29.7 Å². The van der Waals surface area contributed by atoms with Gasteiger partial charge in [0.2, 0.25) is 11.9 Å². The molecule has 0 aliphatic carbocycles. The summed E-state index contributed by atoms with van der Waals surface area (Å²) in [4.78, 5) is 42.5. The van der Waals surface area contributed by atoms with Gasteiger partial charge in [-0.2, -0.15) is 4.98 Å². The zero-order valence-corrected chi connectivity index (χ0v) is 20.6. The second kappa shape index (κ2) is 12.7. The van der Waals surface area contributed by atoms with Crippen LogP contribution in [0, 0.1) is 0 Å². The number of aromatic nitrogens is 6. The van der Waals surface area contributed by atoms with Crippen LogP contribution in [0.5, 0.6) is 0 Å². The van der Waals surface area contributed by atoms with Crippen molar-refractivity contribution >= 4 is 38.5 Å². The summed E-state index contributed by atoms with van der Waals surface area (Å²) >= 11 is 0. The van der Waals surface area contributed by atoms with E-state index in [1.165, 1.54) is 12.4 Å². The first kappa shape index (κ1) is 24.6. The highest BCUT2D eigenvalue weighted by Crippen LogP contribution is 2.30. The molecule has 4 heterocycles. The van der Waals surface area contributed by atoms with Gasteiger partial charge in [-0.25, -0.2) is 9.97 Å². The molecule has 36 heavy (non-hydrogen) atoms. The van der Waals surface area contributed by atoms with Gasteiger partial charge in [-0.05, 0) is 18.9 Å². The highest BCUT2D eigenvalue weighted by Gasteiger charge is 2.36. The number of fused-ring (bicyclic) bond motifs is 1. The summed E-state index contributed by atoms with van der Waals surface area (Å²) < 4.78 is 19.7. The van der Waals surface area contributed by atoms with Crippen LogP contribution in [0.25, 0.3) is 17.2 Å². The van der Waals surface area contributed by atoms with Gasteiger partial charge in [0, 0.05) is 41.2 Å². The maximum Gasteiger partial charge on any atom is 0.280 e. The summed E-state index contributed by atoms with van der Waals surface area (Å²) in [7, 11) is -0.434. The molecule has 0 aromatic carbocycles. The number of aromatic amines is 2. The van der Waals surface area contributed by atoms with Crippen molar-refractivity contribution in [2.75, 3.05) is 25.0 Å². The Morgan fingerprint density at radius 3 is 3.03 bits per heavy atom. The summed E-state index contributed by atoms with van der Waals surface area (Å²) in [5.74, 6) is 0.188. The molecule has 5 N–H and O–H groups in total.